The van der Waals surface area contributed by atoms with Crippen molar-refractivity contribution in [2.45, 2.75) is 0 Å². The third kappa shape index (κ3) is 2.78. The fourth-order valence-corrected chi connectivity index (χ4v) is 2.20. The van der Waals surface area contributed by atoms with Crippen LogP contribution in [0.3, 0.4) is 0 Å². The number of aromatic nitrogens is 2. The molecule has 0 atom stereocenters. The second kappa shape index (κ2) is 5.65. The quantitative estimate of drug-likeness (QED) is 0.774. The Morgan fingerprint density at radius 3 is 2.14 bits per heavy atom. The summed E-state index contributed by atoms with van der Waals surface area (Å²) < 4.78 is 0. The molecular formula is C17H14N4O. The second-order valence-electron chi connectivity index (χ2n) is 4.81. The Hall–Kier alpha value is -3.21. The summed E-state index contributed by atoms with van der Waals surface area (Å²) in [6, 6.07) is 18.5. The summed E-state index contributed by atoms with van der Waals surface area (Å²) in [7, 11) is 0. The summed E-state index contributed by atoms with van der Waals surface area (Å²) in [6.07, 6.45) is 0. The number of hydrogen-bond donors (Lipinski definition) is 2. The van der Waals surface area contributed by atoms with Crippen LogP contribution in [0.25, 0.3) is 22.5 Å². The van der Waals surface area contributed by atoms with Gasteiger partial charge in [-0.05, 0) is 18.2 Å². The van der Waals surface area contributed by atoms with Gasteiger partial charge in [-0.2, -0.15) is 0 Å². The Bertz CT molecular complexity index is 831. The lowest BCUT2D eigenvalue weighted by Crippen LogP contribution is -2.10. The number of anilines is 1. The molecule has 22 heavy (non-hydrogen) atoms. The smallest absolute Gasteiger partial charge is 0.248 e. The number of nitrogen functional groups attached to an aromatic ring is 1. The largest absolute Gasteiger partial charge is 0.368 e. The second-order valence-corrected chi connectivity index (χ2v) is 4.81. The molecule has 2 aromatic carbocycles. The third-order valence-corrected chi connectivity index (χ3v) is 3.26. The third-order valence-electron chi connectivity index (χ3n) is 3.26. The lowest BCUT2D eigenvalue weighted by Gasteiger charge is -2.07. The summed E-state index contributed by atoms with van der Waals surface area (Å²) in [5, 5.41) is 0. The highest BCUT2D eigenvalue weighted by molar-refractivity contribution is 5.94. The van der Waals surface area contributed by atoms with Crippen molar-refractivity contribution in [3.8, 4) is 22.5 Å². The average Bonchev–Trinajstić information content (AvgIpc) is 2.55. The Kier molecular flexibility index (Phi) is 3.53. The standard InChI is InChI=1S/C17H14N4O/c18-16(22)13-8-4-7-12(9-13)15-10-14(20-17(19)21-15)11-5-2-1-3-6-11/h1-10H,(H2,18,22)(H2,19,20,21). The van der Waals surface area contributed by atoms with E-state index in [0.717, 1.165) is 16.8 Å². The summed E-state index contributed by atoms with van der Waals surface area (Å²) in [6.45, 7) is 0. The van der Waals surface area contributed by atoms with E-state index in [1.165, 1.54) is 0 Å². The van der Waals surface area contributed by atoms with Crippen LogP contribution in [0.2, 0.25) is 0 Å². The van der Waals surface area contributed by atoms with Gasteiger partial charge in [0, 0.05) is 16.7 Å². The lowest BCUT2D eigenvalue weighted by molar-refractivity contribution is 0.100. The Morgan fingerprint density at radius 2 is 1.45 bits per heavy atom. The molecule has 0 aliphatic carbocycles. The van der Waals surface area contributed by atoms with E-state index in [0.29, 0.717) is 11.3 Å². The van der Waals surface area contributed by atoms with Crippen molar-refractivity contribution in [1.29, 1.82) is 0 Å². The van der Waals surface area contributed by atoms with Crippen LogP contribution in [-0.4, -0.2) is 15.9 Å². The molecule has 0 fully saturated rings. The van der Waals surface area contributed by atoms with Crippen molar-refractivity contribution in [3.63, 3.8) is 0 Å². The van der Waals surface area contributed by atoms with E-state index in [-0.39, 0.29) is 5.95 Å². The zero-order chi connectivity index (χ0) is 15.5. The van der Waals surface area contributed by atoms with Gasteiger partial charge in [-0.3, -0.25) is 4.79 Å². The summed E-state index contributed by atoms with van der Waals surface area (Å²) >= 11 is 0. The normalized spacial score (nSPS) is 10.4. The van der Waals surface area contributed by atoms with Crippen molar-refractivity contribution < 1.29 is 4.79 Å². The maximum Gasteiger partial charge on any atom is 0.248 e. The molecule has 0 aliphatic heterocycles. The SMILES string of the molecule is NC(=O)c1cccc(-c2cc(-c3ccccc3)nc(N)n2)c1. The Balaban J connectivity index is 2.10. The molecule has 1 aromatic heterocycles. The molecule has 0 radical (unpaired) electrons. The lowest BCUT2D eigenvalue weighted by atomic mass is 10.1. The molecule has 0 saturated heterocycles. The van der Waals surface area contributed by atoms with E-state index < -0.39 is 5.91 Å². The highest BCUT2D eigenvalue weighted by Crippen LogP contribution is 2.24. The van der Waals surface area contributed by atoms with Crippen LogP contribution in [0.5, 0.6) is 0 Å². The number of primary amides is 1. The molecule has 5 heteroatoms. The molecule has 0 bridgehead atoms. The van der Waals surface area contributed by atoms with Crippen molar-refractivity contribution in [2.24, 2.45) is 5.73 Å². The van der Waals surface area contributed by atoms with Gasteiger partial charge in [0.05, 0.1) is 11.4 Å². The number of nitrogens with zero attached hydrogens (tertiary/aromatic N) is 2. The fourth-order valence-electron chi connectivity index (χ4n) is 2.20. The highest BCUT2D eigenvalue weighted by atomic mass is 16.1. The molecule has 3 rings (SSSR count). The molecule has 0 saturated carbocycles. The van der Waals surface area contributed by atoms with Crippen molar-refractivity contribution >= 4 is 11.9 Å². The van der Waals surface area contributed by atoms with Gasteiger partial charge in [0.25, 0.3) is 0 Å². The average molecular weight is 290 g/mol. The van der Waals surface area contributed by atoms with Crippen LogP contribution >= 0.6 is 0 Å². The predicted octanol–water partition coefficient (Wildman–Crippen LogP) is 2.49. The Labute approximate surface area is 127 Å². The zero-order valence-corrected chi connectivity index (χ0v) is 11.7. The van der Waals surface area contributed by atoms with E-state index in [1.54, 1.807) is 18.2 Å². The molecule has 4 N–H and O–H groups in total. The molecule has 5 nitrogen and oxygen atoms in total. The Morgan fingerprint density at radius 1 is 0.818 bits per heavy atom. The number of carbonyl (C=O) groups excluding carboxylic acids is 1. The van der Waals surface area contributed by atoms with Crippen LogP contribution in [0.1, 0.15) is 10.4 Å². The minimum atomic E-state index is -0.479. The topological polar surface area (TPSA) is 94.9 Å². The van der Waals surface area contributed by atoms with Gasteiger partial charge in [-0.25, -0.2) is 9.97 Å². The summed E-state index contributed by atoms with van der Waals surface area (Å²) in [5.41, 5.74) is 14.7. The zero-order valence-electron chi connectivity index (χ0n) is 11.7. The van der Waals surface area contributed by atoms with Crippen LogP contribution < -0.4 is 11.5 Å². The predicted molar refractivity (Wildman–Crippen MR) is 85.8 cm³/mol. The van der Waals surface area contributed by atoms with Crippen LogP contribution in [0, 0.1) is 0 Å². The minimum absolute atomic E-state index is 0.181. The maximum atomic E-state index is 11.3. The van der Waals surface area contributed by atoms with Crippen LogP contribution in [-0.2, 0) is 0 Å². The first-order chi connectivity index (χ1) is 10.6. The number of rotatable bonds is 3. The first-order valence-electron chi connectivity index (χ1n) is 6.74. The van der Waals surface area contributed by atoms with Gasteiger partial charge in [-0.1, -0.05) is 42.5 Å². The molecule has 1 amide bonds. The number of nitrogens with two attached hydrogens (primary N) is 2. The first-order valence-corrected chi connectivity index (χ1v) is 6.74. The van der Waals surface area contributed by atoms with Gasteiger partial charge >= 0.3 is 0 Å². The molecule has 3 aromatic rings. The molecule has 1 heterocycles. The summed E-state index contributed by atoms with van der Waals surface area (Å²) in [5.74, 6) is -0.298. The number of benzene rings is 2. The first kappa shape index (κ1) is 13.8. The van der Waals surface area contributed by atoms with Crippen LogP contribution in [0.15, 0.2) is 60.7 Å². The monoisotopic (exact) mass is 290 g/mol. The van der Waals surface area contributed by atoms with Gasteiger partial charge in [0.2, 0.25) is 11.9 Å². The van der Waals surface area contributed by atoms with Gasteiger partial charge in [-0.15, -0.1) is 0 Å². The van der Waals surface area contributed by atoms with Crippen molar-refractivity contribution in [2.75, 3.05) is 5.73 Å². The van der Waals surface area contributed by atoms with E-state index in [2.05, 4.69) is 9.97 Å². The van der Waals surface area contributed by atoms with Gasteiger partial charge in [0.15, 0.2) is 0 Å². The molecular weight excluding hydrogens is 276 g/mol. The minimum Gasteiger partial charge on any atom is -0.368 e. The van der Waals surface area contributed by atoms with Gasteiger partial charge in [0.1, 0.15) is 0 Å². The van der Waals surface area contributed by atoms with Gasteiger partial charge < -0.3 is 11.5 Å². The molecule has 0 spiro atoms. The van der Waals surface area contributed by atoms with E-state index in [1.807, 2.05) is 42.5 Å². The highest BCUT2D eigenvalue weighted by Gasteiger charge is 2.08. The van der Waals surface area contributed by atoms with Crippen molar-refractivity contribution in [3.05, 3.63) is 66.2 Å². The molecule has 108 valence electrons. The van der Waals surface area contributed by atoms with E-state index in [4.69, 9.17) is 11.5 Å². The number of amides is 1. The number of carbonyl (C=O) groups is 1. The molecule has 0 unspecified atom stereocenters. The molecule has 0 aliphatic rings. The fraction of sp³-hybridized carbons (Fsp3) is 0. The van der Waals surface area contributed by atoms with E-state index >= 15 is 0 Å². The van der Waals surface area contributed by atoms with Crippen molar-refractivity contribution in [1.82, 2.24) is 9.97 Å². The maximum absolute atomic E-state index is 11.3. The summed E-state index contributed by atoms with van der Waals surface area (Å²) in [4.78, 5) is 19.8. The van der Waals surface area contributed by atoms with Crippen LogP contribution in [0.4, 0.5) is 5.95 Å². The van der Waals surface area contributed by atoms with E-state index in [9.17, 15) is 4.79 Å². The number of hydrogen-bond acceptors (Lipinski definition) is 4.